The van der Waals surface area contributed by atoms with Crippen molar-refractivity contribution < 1.29 is 13.2 Å². The van der Waals surface area contributed by atoms with Gasteiger partial charge in [-0.3, -0.25) is 4.79 Å². The third-order valence-corrected chi connectivity index (χ3v) is 8.49. The fraction of sp³-hybridized carbons (Fsp3) is 0.286. The van der Waals surface area contributed by atoms with E-state index in [1.54, 1.807) is 30.4 Å². The van der Waals surface area contributed by atoms with Crippen molar-refractivity contribution in [1.82, 2.24) is 14.3 Å². The van der Waals surface area contributed by atoms with Crippen LogP contribution in [0, 0.1) is 6.92 Å². The fourth-order valence-corrected chi connectivity index (χ4v) is 6.25. The van der Waals surface area contributed by atoms with Crippen LogP contribution in [0.15, 0.2) is 51.7 Å². The Kier molecular flexibility index (Phi) is 6.42. The number of rotatable bonds is 6. The summed E-state index contributed by atoms with van der Waals surface area (Å²) >= 11 is 2.93. The van der Waals surface area contributed by atoms with E-state index >= 15 is 0 Å². The van der Waals surface area contributed by atoms with Gasteiger partial charge in [0.2, 0.25) is 10.0 Å². The van der Waals surface area contributed by atoms with E-state index in [0.29, 0.717) is 40.9 Å². The Morgan fingerprint density at radius 2 is 1.84 bits per heavy atom. The zero-order valence-electron chi connectivity index (χ0n) is 17.2. The van der Waals surface area contributed by atoms with Crippen LogP contribution in [0.1, 0.15) is 28.9 Å². The SMILES string of the molecule is CSc1nc(-c2cccs2)nc(C)c1C(=O)Nc1ccc(S(=O)(=O)N2CCCC2)cc1. The first-order valence-corrected chi connectivity index (χ1v) is 13.3. The van der Waals surface area contributed by atoms with Crippen molar-refractivity contribution in [2.24, 2.45) is 0 Å². The highest BCUT2D eigenvalue weighted by Gasteiger charge is 2.27. The summed E-state index contributed by atoms with van der Waals surface area (Å²) < 4.78 is 26.8. The average molecular weight is 475 g/mol. The lowest BCUT2D eigenvalue weighted by Gasteiger charge is -2.16. The number of aromatic nitrogens is 2. The number of carbonyl (C=O) groups excluding carboxylic acids is 1. The normalized spacial score (nSPS) is 14.6. The summed E-state index contributed by atoms with van der Waals surface area (Å²) in [5.41, 5.74) is 1.52. The first-order valence-electron chi connectivity index (χ1n) is 9.78. The van der Waals surface area contributed by atoms with Gasteiger partial charge in [0, 0.05) is 18.8 Å². The van der Waals surface area contributed by atoms with Gasteiger partial charge in [-0.2, -0.15) is 4.31 Å². The number of amides is 1. The summed E-state index contributed by atoms with van der Waals surface area (Å²) in [5, 5.41) is 5.40. The van der Waals surface area contributed by atoms with Crippen LogP contribution in [0.4, 0.5) is 5.69 Å². The first kappa shape index (κ1) is 21.9. The standard InChI is InChI=1S/C21H22N4O3S3/c1-14-18(21(29-2)24-19(22-14)17-6-5-13-30-17)20(26)23-15-7-9-16(10-8-15)31(27,28)25-11-3-4-12-25/h5-10,13H,3-4,11-12H2,1-2H3,(H,23,26). The van der Waals surface area contributed by atoms with Gasteiger partial charge in [0.1, 0.15) is 5.03 Å². The molecule has 0 spiro atoms. The number of hydrogen-bond donors (Lipinski definition) is 1. The Morgan fingerprint density at radius 3 is 2.45 bits per heavy atom. The Hall–Kier alpha value is -2.27. The van der Waals surface area contributed by atoms with Crippen LogP contribution in [-0.4, -0.2) is 47.9 Å². The third-order valence-electron chi connectivity index (χ3n) is 5.03. The average Bonchev–Trinajstić information content (AvgIpc) is 3.47. The Labute approximate surface area is 190 Å². The van der Waals surface area contributed by atoms with Crippen molar-refractivity contribution in [3.63, 3.8) is 0 Å². The lowest BCUT2D eigenvalue weighted by molar-refractivity contribution is 0.102. The third kappa shape index (κ3) is 4.52. The monoisotopic (exact) mass is 474 g/mol. The number of nitrogens with one attached hydrogen (secondary N) is 1. The predicted molar refractivity (Wildman–Crippen MR) is 124 cm³/mol. The van der Waals surface area contributed by atoms with Crippen molar-refractivity contribution in [2.45, 2.75) is 29.7 Å². The molecule has 3 aromatic rings. The van der Waals surface area contributed by atoms with Crippen molar-refractivity contribution in [3.05, 3.63) is 53.0 Å². The summed E-state index contributed by atoms with van der Waals surface area (Å²) in [6, 6.07) is 10.2. The van der Waals surface area contributed by atoms with Crippen LogP contribution in [-0.2, 0) is 10.0 Å². The van der Waals surface area contributed by atoms with E-state index in [1.165, 1.54) is 28.2 Å². The number of thiophene rings is 1. The number of benzene rings is 1. The topological polar surface area (TPSA) is 92.3 Å². The van der Waals surface area contributed by atoms with Crippen LogP contribution >= 0.6 is 23.1 Å². The molecular formula is C21H22N4O3S3. The van der Waals surface area contributed by atoms with Gasteiger partial charge in [0.25, 0.3) is 5.91 Å². The van der Waals surface area contributed by atoms with Crippen LogP contribution < -0.4 is 5.32 Å². The van der Waals surface area contributed by atoms with Gasteiger partial charge in [-0.1, -0.05) is 6.07 Å². The maximum atomic E-state index is 13.0. The molecule has 0 atom stereocenters. The number of aryl methyl sites for hydroxylation is 1. The van der Waals surface area contributed by atoms with Crippen LogP contribution in [0.2, 0.25) is 0 Å². The zero-order chi connectivity index (χ0) is 22.0. The van der Waals surface area contributed by atoms with E-state index in [0.717, 1.165) is 17.7 Å². The molecule has 1 aliphatic heterocycles. The largest absolute Gasteiger partial charge is 0.322 e. The molecule has 0 bridgehead atoms. The van der Waals surface area contributed by atoms with Crippen molar-refractivity contribution >= 4 is 44.7 Å². The van der Waals surface area contributed by atoms with Gasteiger partial charge in [0.05, 0.1) is 21.0 Å². The molecular weight excluding hydrogens is 452 g/mol. The molecule has 162 valence electrons. The summed E-state index contributed by atoms with van der Waals surface area (Å²) in [4.78, 5) is 23.2. The number of anilines is 1. The molecule has 0 saturated carbocycles. The molecule has 0 aliphatic carbocycles. The zero-order valence-corrected chi connectivity index (χ0v) is 19.6. The second-order valence-electron chi connectivity index (χ2n) is 7.08. The second-order valence-corrected chi connectivity index (χ2v) is 10.8. The molecule has 1 fully saturated rings. The van der Waals surface area contributed by atoms with E-state index in [-0.39, 0.29) is 10.8 Å². The van der Waals surface area contributed by atoms with Gasteiger partial charge in [-0.25, -0.2) is 18.4 Å². The minimum atomic E-state index is -3.48. The number of hydrogen-bond acceptors (Lipinski definition) is 7. The summed E-state index contributed by atoms with van der Waals surface area (Å²) in [6.07, 6.45) is 3.64. The van der Waals surface area contributed by atoms with E-state index in [9.17, 15) is 13.2 Å². The molecule has 31 heavy (non-hydrogen) atoms. The van der Waals surface area contributed by atoms with Crippen molar-refractivity contribution in [1.29, 1.82) is 0 Å². The molecule has 4 rings (SSSR count). The van der Waals surface area contributed by atoms with Crippen LogP contribution in [0.5, 0.6) is 0 Å². The maximum Gasteiger partial charge on any atom is 0.260 e. The number of thioether (sulfide) groups is 1. The first-order chi connectivity index (χ1) is 14.9. The molecule has 7 nitrogen and oxygen atoms in total. The predicted octanol–water partition coefficient (Wildman–Crippen LogP) is 4.27. The van der Waals surface area contributed by atoms with E-state index in [4.69, 9.17) is 0 Å². The van der Waals surface area contributed by atoms with Gasteiger partial charge >= 0.3 is 0 Å². The molecule has 1 N–H and O–H groups in total. The minimum Gasteiger partial charge on any atom is -0.322 e. The van der Waals surface area contributed by atoms with Gasteiger partial charge < -0.3 is 5.32 Å². The molecule has 3 heterocycles. The number of sulfonamides is 1. The van der Waals surface area contributed by atoms with Gasteiger partial charge in [0.15, 0.2) is 5.82 Å². The van der Waals surface area contributed by atoms with Gasteiger partial charge in [-0.15, -0.1) is 23.1 Å². The Bertz CT molecular complexity index is 1190. The van der Waals surface area contributed by atoms with E-state index in [1.807, 2.05) is 23.8 Å². The smallest absolute Gasteiger partial charge is 0.260 e. The summed E-state index contributed by atoms with van der Waals surface area (Å²) in [5.74, 6) is 0.277. The lowest BCUT2D eigenvalue weighted by Crippen LogP contribution is -2.27. The Morgan fingerprint density at radius 1 is 1.13 bits per heavy atom. The van der Waals surface area contributed by atoms with Crippen LogP contribution in [0.3, 0.4) is 0 Å². The summed E-state index contributed by atoms with van der Waals surface area (Å²) in [6.45, 7) is 2.90. The van der Waals surface area contributed by atoms with E-state index < -0.39 is 10.0 Å². The minimum absolute atomic E-state index is 0.233. The van der Waals surface area contributed by atoms with Crippen molar-refractivity contribution in [2.75, 3.05) is 24.7 Å². The molecule has 1 amide bonds. The molecule has 1 aliphatic rings. The molecule has 1 aromatic carbocycles. The molecule has 2 aromatic heterocycles. The van der Waals surface area contributed by atoms with Crippen LogP contribution in [0.25, 0.3) is 10.7 Å². The molecule has 0 unspecified atom stereocenters. The number of carbonyl (C=O) groups is 1. The second kappa shape index (κ2) is 9.07. The van der Waals surface area contributed by atoms with Gasteiger partial charge in [-0.05, 0) is 61.7 Å². The fourth-order valence-electron chi connectivity index (χ4n) is 3.45. The Balaban J connectivity index is 1.56. The van der Waals surface area contributed by atoms with E-state index in [2.05, 4.69) is 15.3 Å². The molecule has 10 heteroatoms. The highest BCUT2D eigenvalue weighted by Crippen LogP contribution is 2.28. The maximum absolute atomic E-state index is 13.0. The summed E-state index contributed by atoms with van der Waals surface area (Å²) in [7, 11) is -3.48. The molecule has 0 radical (unpaired) electrons. The van der Waals surface area contributed by atoms with Crippen molar-refractivity contribution in [3.8, 4) is 10.7 Å². The quantitative estimate of drug-likeness (QED) is 0.424. The highest BCUT2D eigenvalue weighted by molar-refractivity contribution is 7.98. The molecule has 1 saturated heterocycles. The number of nitrogens with zero attached hydrogens (tertiary/aromatic N) is 3. The lowest BCUT2D eigenvalue weighted by atomic mass is 10.2. The highest BCUT2D eigenvalue weighted by atomic mass is 32.2.